The molecule has 0 saturated heterocycles. The molecule has 0 amide bonds. The molecule has 25 heavy (non-hydrogen) atoms. The summed E-state index contributed by atoms with van der Waals surface area (Å²) < 4.78 is 21.5. The number of fused-ring (bicyclic) bond motifs is 1. The van der Waals surface area contributed by atoms with Crippen molar-refractivity contribution in [2.75, 3.05) is 28.4 Å². The molecule has 0 aliphatic rings. The van der Waals surface area contributed by atoms with Crippen LogP contribution in [-0.4, -0.2) is 38.5 Å². The molecule has 0 atom stereocenters. The van der Waals surface area contributed by atoms with Crippen molar-refractivity contribution in [3.05, 3.63) is 36.5 Å². The highest BCUT2D eigenvalue weighted by Gasteiger charge is 2.18. The number of phenolic OH excluding ortho intramolecular Hbond substituents is 1. The Morgan fingerprint density at radius 3 is 2.12 bits per heavy atom. The zero-order valence-electron chi connectivity index (χ0n) is 14.5. The fourth-order valence-corrected chi connectivity index (χ4v) is 2.88. The van der Waals surface area contributed by atoms with E-state index in [0.717, 1.165) is 11.1 Å². The van der Waals surface area contributed by atoms with Crippen molar-refractivity contribution >= 4 is 10.8 Å². The van der Waals surface area contributed by atoms with Crippen LogP contribution < -0.4 is 18.9 Å². The second kappa shape index (κ2) is 6.76. The lowest BCUT2D eigenvalue weighted by molar-refractivity contribution is 0.324. The van der Waals surface area contributed by atoms with Gasteiger partial charge in [-0.05, 0) is 29.8 Å². The van der Waals surface area contributed by atoms with Crippen LogP contribution in [0.15, 0.2) is 36.5 Å². The van der Waals surface area contributed by atoms with Gasteiger partial charge in [0.05, 0.1) is 28.4 Å². The van der Waals surface area contributed by atoms with Gasteiger partial charge in [-0.15, -0.1) is 0 Å². The van der Waals surface area contributed by atoms with Gasteiger partial charge in [0.1, 0.15) is 5.75 Å². The van der Waals surface area contributed by atoms with Gasteiger partial charge in [0.15, 0.2) is 11.5 Å². The minimum atomic E-state index is 0.141. The lowest BCUT2D eigenvalue weighted by Gasteiger charge is -2.16. The maximum atomic E-state index is 10.4. The molecule has 0 aliphatic carbocycles. The van der Waals surface area contributed by atoms with Gasteiger partial charge in [0.25, 0.3) is 0 Å². The molecule has 0 fully saturated rings. The Labute approximate surface area is 145 Å². The number of methoxy groups -OCH3 is 4. The molecule has 0 unspecified atom stereocenters. The smallest absolute Gasteiger partial charge is 0.221 e. The zero-order chi connectivity index (χ0) is 18.0. The Kier molecular flexibility index (Phi) is 4.52. The number of ether oxygens (including phenoxy) is 4. The van der Waals surface area contributed by atoms with Crippen LogP contribution in [0.4, 0.5) is 0 Å². The fraction of sp³-hybridized carbons (Fsp3) is 0.211. The zero-order valence-corrected chi connectivity index (χ0v) is 14.5. The molecule has 1 N–H and O–H groups in total. The van der Waals surface area contributed by atoms with Crippen LogP contribution in [-0.2, 0) is 0 Å². The van der Waals surface area contributed by atoms with Gasteiger partial charge in [0, 0.05) is 22.5 Å². The van der Waals surface area contributed by atoms with E-state index in [0.29, 0.717) is 33.9 Å². The third kappa shape index (κ3) is 2.76. The molecular formula is C19H19NO5. The molecule has 0 spiro atoms. The van der Waals surface area contributed by atoms with Crippen molar-refractivity contribution in [2.45, 2.75) is 0 Å². The molecule has 0 bridgehead atoms. The Morgan fingerprint density at radius 2 is 1.56 bits per heavy atom. The topological polar surface area (TPSA) is 70.0 Å². The van der Waals surface area contributed by atoms with Gasteiger partial charge in [-0.2, -0.15) is 0 Å². The predicted molar refractivity (Wildman–Crippen MR) is 95.1 cm³/mol. The van der Waals surface area contributed by atoms with Crippen LogP contribution in [0.25, 0.3) is 21.9 Å². The van der Waals surface area contributed by atoms with Crippen LogP contribution in [0.3, 0.4) is 0 Å². The number of aromatic nitrogens is 1. The molecule has 3 rings (SSSR count). The minimum Gasteiger partial charge on any atom is -0.507 e. The van der Waals surface area contributed by atoms with Crippen LogP contribution >= 0.6 is 0 Å². The Hall–Kier alpha value is -3.15. The van der Waals surface area contributed by atoms with Crippen LogP contribution in [0.1, 0.15) is 0 Å². The number of nitrogens with zero attached hydrogens (tertiary/aromatic N) is 1. The average molecular weight is 341 g/mol. The van der Waals surface area contributed by atoms with Crippen LogP contribution in [0.5, 0.6) is 28.9 Å². The summed E-state index contributed by atoms with van der Waals surface area (Å²) in [6, 6.07) is 8.86. The van der Waals surface area contributed by atoms with E-state index in [4.69, 9.17) is 18.9 Å². The molecule has 130 valence electrons. The summed E-state index contributed by atoms with van der Waals surface area (Å²) in [4.78, 5) is 4.35. The van der Waals surface area contributed by atoms with E-state index < -0.39 is 0 Å². The molecule has 0 saturated carbocycles. The standard InChI is InChI=1S/C19H19NO5/c1-22-15-8-11(9-16(23-2)18(15)24-3)13-10-20-19(25-4)12-6-5-7-14(21)17(12)13/h5-10,21H,1-4H3. The van der Waals surface area contributed by atoms with E-state index in [9.17, 15) is 5.11 Å². The third-order valence-corrected chi connectivity index (χ3v) is 4.02. The van der Waals surface area contributed by atoms with Crippen molar-refractivity contribution in [1.29, 1.82) is 0 Å². The van der Waals surface area contributed by atoms with Crippen LogP contribution in [0.2, 0.25) is 0 Å². The highest BCUT2D eigenvalue weighted by molar-refractivity contribution is 6.03. The highest BCUT2D eigenvalue weighted by Crippen LogP contribution is 2.44. The van der Waals surface area contributed by atoms with Gasteiger partial charge in [0.2, 0.25) is 11.6 Å². The van der Waals surface area contributed by atoms with Gasteiger partial charge >= 0.3 is 0 Å². The number of pyridine rings is 1. The van der Waals surface area contributed by atoms with Gasteiger partial charge in [-0.1, -0.05) is 6.07 Å². The van der Waals surface area contributed by atoms with E-state index in [-0.39, 0.29) is 5.75 Å². The second-order valence-corrected chi connectivity index (χ2v) is 5.29. The molecule has 2 aromatic carbocycles. The molecule has 1 heterocycles. The average Bonchev–Trinajstić information content (AvgIpc) is 2.66. The van der Waals surface area contributed by atoms with Crippen LogP contribution in [0, 0.1) is 0 Å². The van der Waals surface area contributed by atoms with Crippen molar-refractivity contribution in [3.8, 4) is 40.0 Å². The Bertz CT molecular complexity index is 898. The molecule has 0 aliphatic heterocycles. The molecular weight excluding hydrogens is 322 g/mol. The van der Waals surface area contributed by atoms with Crippen molar-refractivity contribution in [2.24, 2.45) is 0 Å². The molecule has 6 nitrogen and oxygen atoms in total. The highest BCUT2D eigenvalue weighted by atomic mass is 16.5. The lowest BCUT2D eigenvalue weighted by atomic mass is 9.99. The molecule has 6 heteroatoms. The second-order valence-electron chi connectivity index (χ2n) is 5.29. The Balaban J connectivity index is 2.34. The maximum absolute atomic E-state index is 10.4. The lowest BCUT2D eigenvalue weighted by Crippen LogP contribution is -1.97. The Morgan fingerprint density at radius 1 is 0.880 bits per heavy atom. The number of rotatable bonds is 5. The van der Waals surface area contributed by atoms with Crippen molar-refractivity contribution < 1.29 is 24.1 Å². The van der Waals surface area contributed by atoms with Gasteiger partial charge in [-0.25, -0.2) is 4.98 Å². The molecule has 0 radical (unpaired) electrons. The number of hydrogen-bond donors (Lipinski definition) is 1. The first-order chi connectivity index (χ1) is 12.1. The van der Waals surface area contributed by atoms with E-state index >= 15 is 0 Å². The van der Waals surface area contributed by atoms with E-state index in [1.54, 1.807) is 46.8 Å². The normalized spacial score (nSPS) is 10.6. The number of hydrogen-bond acceptors (Lipinski definition) is 6. The van der Waals surface area contributed by atoms with E-state index in [2.05, 4.69) is 4.98 Å². The van der Waals surface area contributed by atoms with E-state index in [1.165, 1.54) is 0 Å². The summed E-state index contributed by atoms with van der Waals surface area (Å²) in [6.07, 6.45) is 1.65. The molecule has 1 aromatic heterocycles. The maximum Gasteiger partial charge on any atom is 0.221 e. The summed E-state index contributed by atoms with van der Waals surface area (Å²) >= 11 is 0. The number of aromatic hydroxyl groups is 1. The summed E-state index contributed by atoms with van der Waals surface area (Å²) in [6.45, 7) is 0. The molecule has 3 aromatic rings. The minimum absolute atomic E-state index is 0.141. The van der Waals surface area contributed by atoms with E-state index in [1.807, 2.05) is 18.2 Å². The summed E-state index contributed by atoms with van der Waals surface area (Å²) in [5.41, 5.74) is 1.50. The first-order valence-electron chi connectivity index (χ1n) is 7.59. The van der Waals surface area contributed by atoms with Crippen molar-refractivity contribution in [1.82, 2.24) is 4.98 Å². The fourth-order valence-electron chi connectivity index (χ4n) is 2.88. The first kappa shape index (κ1) is 16.7. The monoisotopic (exact) mass is 341 g/mol. The quantitative estimate of drug-likeness (QED) is 0.764. The number of benzene rings is 2. The third-order valence-electron chi connectivity index (χ3n) is 4.02. The number of phenols is 1. The predicted octanol–water partition coefficient (Wildman–Crippen LogP) is 3.64. The largest absolute Gasteiger partial charge is 0.507 e. The van der Waals surface area contributed by atoms with Gasteiger partial charge < -0.3 is 24.1 Å². The summed E-state index contributed by atoms with van der Waals surface area (Å²) in [7, 11) is 6.22. The first-order valence-corrected chi connectivity index (χ1v) is 7.59. The van der Waals surface area contributed by atoms with Crippen molar-refractivity contribution in [3.63, 3.8) is 0 Å². The SMILES string of the molecule is COc1cc(-c2cnc(OC)c3cccc(O)c23)cc(OC)c1OC. The van der Waals surface area contributed by atoms with Gasteiger partial charge in [-0.3, -0.25) is 0 Å². The summed E-state index contributed by atoms with van der Waals surface area (Å²) in [5.74, 6) is 2.14. The summed E-state index contributed by atoms with van der Waals surface area (Å²) in [5, 5.41) is 11.8.